The molecule has 112 valence electrons. The van der Waals surface area contributed by atoms with Crippen molar-refractivity contribution in [2.75, 3.05) is 20.1 Å². The summed E-state index contributed by atoms with van der Waals surface area (Å²) < 4.78 is 0. The average Bonchev–Trinajstić information content (AvgIpc) is 2.47. The molecular formula is C18H30N2. The molecule has 1 aromatic carbocycles. The fraction of sp³-hybridized carbons (Fsp3) is 0.667. The monoisotopic (exact) mass is 274 g/mol. The second-order valence-electron chi connectivity index (χ2n) is 6.58. The normalized spacial score (nSPS) is 21.4. The lowest BCUT2D eigenvalue weighted by Gasteiger charge is -2.32. The molecule has 0 amide bonds. The summed E-state index contributed by atoms with van der Waals surface area (Å²) in [4.78, 5) is 2.48. The van der Waals surface area contributed by atoms with Gasteiger partial charge in [-0.3, -0.25) is 4.90 Å². The fourth-order valence-corrected chi connectivity index (χ4v) is 3.00. The van der Waals surface area contributed by atoms with Crippen LogP contribution in [0.4, 0.5) is 0 Å². The number of rotatable bonds is 5. The van der Waals surface area contributed by atoms with Crippen LogP contribution in [-0.4, -0.2) is 31.1 Å². The van der Waals surface area contributed by atoms with Crippen molar-refractivity contribution in [2.45, 2.75) is 58.0 Å². The molecule has 1 N–H and O–H groups in total. The Bertz CT molecular complexity index is 390. The number of nitrogens with one attached hydrogen (secondary N) is 1. The van der Waals surface area contributed by atoms with E-state index in [-0.39, 0.29) is 0 Å². The number of likely N-dealkylation sites (N-methyl/N-ethyl adjacent to an activating group) is 1. The lowest BCUT2D eigenvalue weighted by molar-refractivity contribution is 0.214. The van der Waals surface area contributed by atoms with Crippen molar-refractivity contribution in [2.24, 2.45) is 0 Å². The van der Waals surface area contributed by atoms with Crippen LogP contribution in [0.2, 0.25) is 0 Å². The molecule has 0 bridgehead atoms. The van der Waals surface area contributed by atoms with Gasteiger partial charge in [0.2, 0.25) is 0 Å². The van der Waals surface area contributed by atoms with E-state index in [1.54, 1.807) is 0 Å². The van der Waals surface area contributed by atoms with Crippen molar-refractivity contribution < 1.29 is 0 Å². The van der Waals surface area contributed by atoms with E-state index in [1.165, 1.54) is 36.9 Å². The van der Waals surface area contributed by atoms with Crippen molar-refractivity contribution in [1.29, 1.82) is 0 Å². The predicted molar refractivity (Wildman–Crippen MR) is 87.2 cm³/mol. The maximum Gasteiger partial charge on any atom is 0.0317 e. The van der Waals surface area contributed by atoms with Crippen molar-refractivity contribution in [1.82, 2.24) is 10.2 Å². The van der Waals surface area contributed by atoms with Gasteiger partial charge < -0.3 is 5.32 Å². The Morgan fingerprint density at radius 2 is 1.75 bits per heavy atom. The first-order valence-corrected chi connectivity index (χ1v) is 8.11. The molecule has 1 saturated heterocycles. The van der Waals surface area contributed by atoms with Crippen LogP contribution in [0, 0.1) is 0 Å². The quantitative estimate of drug-likeness (QED) is 0.874. The predicted octanol–water partition coefficient (Wildman–Crippen LogP) is 3.94. The zero-order chi connectivity index (χ0) is 14.5. The standard InChI is InChI=1S/C18H30N2/c1-14(2)16-8-10-17(11-9-16)15(3)20(4)13-18-7-5-6-12-19-18/h8-11,14-15,18-19H,5-7,12-13H2,1-4H3. The van der Waals surface area contributed by atoms with Gasteiger partial charge in [0, 0.05) is 18.6 Å². The summed E-state index contributed by atoms with van der Waals surface area (Å²) in [5.41, 5.74) is 2.85. The van der Waals surface area contributed by atoms with Crippen LogP contribution in [0.3, 0.4) is 0 Å². The Hall–Kier alpha value is -0.860. The molecule has 2 heteroatoms. The van der Waals surface area contributed by atoms with Gasteiger partial charge in [-0.15, -0.1) is 0 Å². The van der Waals surface area contributed by atoms with Gasteiger partial charge in [0.25, 0.3) is 0 Å². The molecule has 1 aromatic rings. The average molecular weight is 274 g/mol. The topological polar surface area (TPSA) is 15.3 Å². The smallest absolute Gasteiger partial charge is 0.0317 e. The highest BCUT2D eigenvalue weighted by molar-refractivity contribution is 5.26. The molecule has 0 aliphatic carbocycles. The molecule has 1 aliphatic heterocycles. The van der Waals surface area contributed by atoms with Gasteiger partial charge >= 0.3 is 0 Å². The van der Waals surface area contributed by atoms with Crippen LogP contribution in [0.15, 0.2) is 24.3 Å². The van der Waals surface area contributed by atoms with Gasteiger partial charge in [-0.1, -0.05) is 44.5 Å². The van der Waals surface area contributed by atoms with Gasteiger partial charge in [-0.25, -0.2) is 0 Å². The van der Waals surface area contributed by atoms with E-state index in [4.69, 9.17) is 0 Å². The third-order valence-corrected chi connectivity index (χ3v) is 4.67. The van der Waals surface area contributed by atoms with Crippen molar-refractivity contribution in [3.05, 3.63) is 35.4 Å². The van der Waals surface area contributed by atoms with Gasteiger partial charge in [0.1, 0.15) is 0 Å². The third-order valence-electron chi connectivity index (χ3n) is 4.67. The molecule has 0 saturated carbocycles. The summed E-state index contributed by atoms with van der Waals surface area (Å²) in [6, 6.07) is 10.3. The second-order valence-corrected chi connectivity index (χ2v) is 6.58. The summed E-state index contributed by atoms with van der Waals surface area (Å²) in [7, 11) is 2.25. The van der Waals surface area contributed by atoms with E-state index in [2.05, 4.69) is 62.3 Å². The Morgan fingerprint density at radius 3 is 2.30 bits per heavy atom. The maximum atomic E-state index is 3.64. The number of hydrogen-bond donors (Lipinski definition) is 1. The SMILES string of the molecule is CC(C)c1ccc(C(C)N(C)CC2CCCCN2)cc1. The summed E-state index contributed by atoms with van der Waals surface area (Å²) in [6.45, 7) is 9.15. The molecule has 2 nitrogen and oxygen atoms in total. The van der Waals surface area contributed by atoms with Crippen molar-refractivity contribution >= 4 is 0 Å². The maximum absolute atomic E-state index is 3.64. The van der Waals surface area contributed by atoms with Crippen LogP contribution < -0.4 is 5.32 Å². The van der Waals surface area contributed by atoms with Gasteiger partial charge in [0.15, 0.2) is 0 Å². The summed E-state index contributed by atoms with van der Waals surface area (Å²) in [6.07, 6.45) is 4.04. The number of hydrogen-bond acceptors (Lipinski definition) is 2. The van der Waals surface area contributed by atoms with E-state index in [0.29, 0.717) is 18.0 Å². The molecule has 1 heterocycles. The van der Waals surface area contributed by atoms with Crippen LogP contribution in [0.1, 0.15) is 63.1 Å². The minimum Gasteiger partial charge on any atom is -0.313 e. The largest absolute Gasteiger partial charge is 0.313 e. The Balaban J connectivity index is 1.93. The molecule has 2 rings (SSSR count). The van der Waals surface area contributed by atoms with Gasteiger partial charge in [-0.2, -0.15) is 0 Å². The van der Waals surface area contributed by atoms with E-state index in [9.17, 15) is 0 Å². The zero-order valence-electron chi connectivity index (χ0n) is 13.5. The van der Waals surface area contributed by atoms with E-state index >= 15 is 0 Å². The first kappa shape index (κ1) is 15.5. The molecule has 0 spiro atoms. The number of piperidine rings is 1. The first-order valence-electron chi connectivity index (χ1n) is 8.11. The molecule has 1 fully saturated rings. The molecule has 0 radical (unpaired) electrons. The first-order chi connectivity index (χ1) is 9.58. The highest BCUT2D eigenvalue weighted by Gasteiger charge is 2.18. The summed E-state index contributed by atoms with van der Waals surface area (Å²) >= 11 is 0. The molecule has 2 atom stereocenters. The highest BCUT2D eigenvalue weighted by Crippen LogP contribution is 2.22. The summed E-state index contributed by atoms with van der Waals surface area (Å²) in [5, 5.41) is 3.64. The van der Waals surface area contributed by atoms with Crippen LogP contribution in [0.25, 0.3) is 0 Å². The molecule has 20 heavy (non-hydrogen) atoms. The van der Waals surface area contributed by atoms with Crippen LogP contribution in [0.5, 0.6) is 0 Å². The Kier molecular flexibility index (Phi) is 5.62. The minimum absolute atomic E-state index is 0.486. The van der Waals surface area contributed by atoms with Crippen molar-refractivity contribution in [3.8, 4) is 0 Å². The highest BCUT2D eigenvalue weighted by atomic mass is 15.1. The van der Waals surface area contributed by atoms with E-state index < -0.39 is 0 Å². The fourth-order valence-electron chi connectivity index (χ4n) is 3.00. The molecule has 0 aromatic heterocycles. The van der Waals surface area contributed by atoms with Crippen molar-refractivity contribution in [3.63, 3.8) is 0 Å². The van der Waals surface area contributed by atoms with E-state index in [0.717, 1.165) is 6.54 Å². The van der Waals surface area contributed by atoms with Crippen LogP contribution >= 0.6 is 0 Å². The lowest BCUT2D eigenvalue weighted by atomic mass is 9.98. The number of benzene rings is 1. The van der Waals surface area contributed by atoms with Gasteiger partial charge in [0.05, 0.1) is 0 Å². The van der Waals surface area contributed by atoms with Gasteiger partial charge in [-0.05, 0) is 50.4 Å². The molecular weight excluding hydrogens is 244 g/mol. The molecule has 2 unspecified atom stereocenters. The minimum atomic E-state index is 0.486. The summed E-state index contributed by atoms with van der Waals surface area (Å²) in [5.74, 6) is 0.614. The number of nitrogens with zero attached hydrogens (tertiary/aromatic N) is 1. The van der Waals surface area contributed by atoms with E-state index in [1.807, 2.05) is 0 Å². The molecule has 1 aliphatic rings. The lowest BCUT2D eigenvalue weighted by Crippen LogP contribution is -2.43. The zero-order valence-corrected chi connectivity index (χ0v) is 13.5. The third kappa shape index (κ3) is 4.07. The Morgan fingerprint density at radius 1 is 1.10 bits per heavy atom. The van der Waals surface area contributed by atoms with Crippen LogP contribution in [-0.2, 0) is 0 Å². The second kappa shape index (κ2) is 7.24. The Labute approximate surface area is 124 Å².